The van der Waals surface area contributed by atoms with Crippen molar-refractivity contribution in [2.75, 3.05) is 6.61 Å². The van der Waals surface area contributed by atoms with Crippen LogP contribution in [0.5, 0.6) is 0 Å². The Balaban J connectivity index is 0.000000236. The molecule has 0 amide bonds. The van der Waals surface area contributed by atoms with E-state index in [1.807, 2.05) is 0 Å². The van der Waals surface area contributed by atoms with Crippen LogP contribution in [0.15, 0.2) is 0 Å². The fraction of sp³-hybridized carbons (Fsp3) is 1.00. The summed E-state index contributed by atoms with van der Waals surface area (Å²) in [5.41, 5.74) is 0. The fourth-order valence-corrected chi connectivity index (χ4v) is 1.24. The molecule has 0 aromatic heterocycles. The smallest absolute Gasteiger partial charge is 0.0402 e. The highest BCUT2D eigenvalue weighted by Crippen LogP contribution is 2.15. The van der Waals surface area contributed by atoms with Gasteiger partial charge in [-0.3, -0.25) is 0 Å². The van der Waals surface area contributed by atoms with Crippen molar-refractivity contribution in [3.8, 4) is 0 Å². The van der Waals surface area contributed by atoms with Crippen LogP contribution in [0.25, 0.3) is 0 Å². The summed E-state index contributed by atoms with van der Waals surface area (Å²) < 4.78 is 0. The van der Waals surface area contributed by atoms with Gasteiger partial charge in [-0.15, -0.1) is 0 Å². The minimum atomic E-state index is 0.250. The summed E-state index contributed by atoms with van der Waals surface area (Å²) in [7, 11) is 0. The zero-order valence-corrected chi connectivity index (χ0v) is 7.10. The third-order valence-corrected chi connectivity index (χ3v) is 1.75. The molecule has 1 rings (SSSR count). The van der Waals surface area contributed by atoms with E-state index in [1.165, 1.54) is 44.9 Å². The minimum Gasteiger partial charge on any atom is -0.397 e. The summed E-state index contributed by atoms with van der Waals surface area (Å²) >= 11 is 0. The van der Waals surface area contributed by atoms with Gasteiger partial charge in [-0.05, 0) is 6.92 Å². The summed E-state index contributed by atoms with van der Waals surface area (Å²) in [5.74, 6) is 0. The molecule has 1 fully saturated rings. The average Bonchev–Trinajstić information content (AvgIpc) is 2.17. The number of hydrogen-bond acceptors (Lipinski definition) is 1. The molecule has 1 aliphatic carbocycles. The molecule has 1 heteroatoms. The molecule has 1 nitrogen and oxygen atoms in total. The summed E-state index contributed by atoms with van der Waals surface area (Å²) in [6.45, 7) is 1.93. The molecule has 10 heavy (non-hydrogen) atoms. The van der Waals surface area contributed by atoms with Crippen LogP contribution in [0.1, 0.15) is 51.9 Å². The summed E-state index contributed by atoms with van der Waals surface area (Å²) in [6.07, 6.45) is 10.5. The van der Waals surface area contributed by atoms with E-state index in [-0.39, 0.29) is 6.61 Å². The normalized spacial score (nSPS) is 18.6. The predicted octanol–water partition coefficient (Wildman–Crippen LogP) is 2.73. The van der Waals surface area contributed by atoms with E-state index >= 15 is 0 Å². The summed E-state index contributed by atoms with van der Waals surface area (Å²) in [5, 5.41) is 7.57. The monoisotopic (exact) mass is 144 g/mol. The Hall–Kier alpha value is -0.0400. The van der Waals surface area contributed by atoms with Crippen molar-refractivity contribution >= 4 is 0 Å². The zero-order valence-electron chi connectivity index (χ0n) is 7.10. The Morgan fingerprint density at radius 3 is 1.00 bits per heavy atom. The molecule has 0 aromatic carbocycles. The Kier molecular flexibility index (Phi) is 8.92. The number of aliphatic hydroxyl groups is 1. The van der Waals surface area contributed by atoms with Crippen LogP contribution in [-0.4, -0.2) is 11.7 Å². The van der Waals surface area contributed by atoms with Crippen molar-refractivity contribution < 1.29 is 5.11 Å². The molecule has 0 radical (unpaired) electrons. The van der Waals surface area contributed by atoms with Crippen LogP contribution in [0.4, 0.5) is 0 Å². The topological polar surface area (TPSA) is 20.2 Å². The Labute approximate surface area is 64.5 Å². The van der Waals surface area contributed by atoms with Gasteiger partial charge in [0.2, 0.25) is 0 Å². The third-order valence-electron chi connectivity index (χ3n) is 1.75. The highest BCUT2D eigenvalue weighted by atomic mass is 16.2. The van der Waals surface area contributed by atoms with Crippen molar-refractivity contribution in [2.45, 2.75) is 51.9 Å². The molecule has 62 valence electrons. The lowest BCUT2D eigenvalue weighted by Crippen LogP contribution is -1.66. The van der Waals surface area contributed by atoms with Gasteiger partial charge < -0.3 is 5.11 Å². The van der Waals surface area contributed by atoms with Gasteiger partial charge in [-0.1, -0.05) is 44.9 Å². The second kappa shape index (κ2) is 8.96. The first-order chi connectivity index (χ1) is 4.91. The van der Waals surface area contributed by atoms with Gasteiger partial charge in [0.25, 0.3) is 0 Å². The predicted molar refractivity (Wildman–Crippen MR) is 45.1 cm³/mol. The van der Waals surface area contributed by atoms with Crippen molar-refractivity contribution in [1.82, 2.24) is 0 Å². The maximum atomic E-state index is 7.57. The second-order valence-corrected chi connectivity index (χ2v) is 2.79. The Bertz CT molecular complexity index is 33.0. The van der Waals surface area contributed by atoms with Crippen molar-refractivity contribution in [1.29, 1.82) is 0 Å². The lowest BCUT2D eigenvalue weighted by molar-refractivity contribution is 0.318. The van der Waals surface area contributed by atoms with Gasteiger partial charge >= 0.3 is 0 Å². The number of hydrogen-bond donors (Lipinski definition) is 1. The van der Waals surface area contributed by atoms with Crippen LogP contribution in [0.3, 0.4) is 0 Å². The van der Waals surface area contributed by atoms with Crippen LogP contribution in [0, 0.1) is 0 Å². The van der Waals surface area contributed by atoms with Gasteiger partial charge in [-0.2, -0.15) is 0 Å². The van der Waals surface area contributed by atoms with Gasteiger partial charge in [0, 0.05) is 6.61 Å². The molecule has 0 spiro atoms. The standard InChI is InChI=1S/C7H14.C2H6O/c1-2-4-6-7-5-3-1;1-2-3/h1-7H2;3H,2H2,1H3. The van der Waals surface area contributed by atoms with E-state index in [2.05, 4.69) is 0 Å². The molecule has 0 bridgehead atoms. The lowest BCUT2D eigenvalue weighted by atomic mass is 10.2. The van der Waals surface area contributed by atoms with Crippen LogP contribution < -0.4 is 0 Å². The van der Waals surface area contributed by atoms with E-state index in [0.29, 0.717) is 0 Å². The molecule has 0 heterocycles. The first kappa shape index (κ1) is 9.96. The maximum Gasteiger partial charge on any atom is 0.0402 e. The van der Waals surface area contributed by atoms with E-state index in [0.717, 1.165) is 0 Å². The molecule has 1 aliphatic rings. The molecule has 0 unspecified atom stereocenters. The molecule has 0 saturated heterocycles. The minimum absolute atomic E-state index is 0.250. The summed E-state index contributed by atoms with van der Waals surface area (Å²) in [6, 6.07) is 0. The van der Waals surface area contributed by atoms with Crippen molar-refractivity contribution in [3.05, 3.63) is 0 Å². The van der Waals surface area contributed by atoms with E-state index in [9.17, 15) is 0 Å². The van der Waals surface area contributed by atoms with Crippen molar-refractivity contribution in [3.63, 3.8) is 0 Å². The molecular weight excluding hydrogens is 124 g/mol. The van der Waals surface area contributed by atoms with Crippen LogP contribution >= 0.6 is 0 Å². The molecular formula is C9H20O. The Morgan fingerprint density at radius 1 is 0.800 bits per heavy atom. The highest BCUT2D eigenvalue weighted by molar-refractivity contribution is 4.51. The van der Waals surface area contributed by atoms with Crippen LogP contribution in [0.2, 0.25) is 0 Å². The van der Waals surface area contributed by atoms with E-state index in [4.69, 9.17) is 5.11 Å². The maximum absolute atomic E-state index is 7.57. The van der Waals surface area contributed by atoms with Gasteiger partial charge in [0.1, 0.15) is 0 Å². The van der Waals surface area contributed by atoms with Gasteiger partial charge in [-0.25, -0.2) is 0 Å². The third kappa shape index (κ3) is 7.96. The van der Waals surface area contributed by atoms with Gasteiger partial charge in [0.15, 0.2) is 0 Å². The Morgan fingerprint density at radius 2 is 0.900 bits per heavy atom. The molecule has 0 atom stereocenters. The average molecular weight is 144 g/mol. The quantitative estimate of drug-likeness (QED) is 0.518. The summed E-state index contributed by atoms with van der Waals surface area (Å²) in [4.78, 5) is 0. The lowest BCUT2D eigenvalue weighted by Gasteiger charge is -1.85. The molecule has 1 saturated carbocycles. The number of rotatable bonds is 0. The first-order valence-corrected chi connectivity index (χ1v) is 4.52. The number of aliphatic hydroxyl groups excluding tert-OH is 1. The van der Waals surface area contributed by atoms with Crippen molar-refractivity contribution in [2.24, 2.45) is 0 Å². The first-order valence-electron chi connectivity index (χ1n) is 4.52. The molecule has 1 N–H and O–H groups in total. The molecule has 0 aromatic rings. The van der Waals surface area contributed by atoms with E-state index in [1.54, 1.807) is 6.92 Å². The highest BCUT2D eigenvalue weighted by Gasteiger charge is 1.95. The second-order valence-electron chi connectivity index (χ2n) is 2.79. The van der Waals surface area contributed by atoms with Gasteiger partial charge in [0.05, 0.1) is 0 Å². The van der Waals surface area contributed by atoms with Crippen LogP contribution in [-0.2, 0) is 0 Å². The largest absolute Gasteiger partial charge is 0.397 e. The fourth-order valence-electron chi connectivity index (χ4n) is 1.24. The SMILES string of the molecule is C1CCCCCC1.CCO. The molecule has 0 aliphatic heterocycles. The zero-order chi connectivity index (χ0) is 7.66. The van der Waals surface area contributed by atoms with E-state index < -0.39 is 0 Å².